The van der Waals surface area contributed by atoms with Crippen molar-refractivity contribution in [2.75, 3.05) is 26.9 Å². The molecular formula is C24H32N3O7P. The van der Waals surface area contributed by atoms with Crippen molar-refractivity contribution in [2.45, 2.75) is 62.9 Å². The number of nitrogens with one attached hydrogen (secondary N) is 1. The van der Waals surface area contributed by atoms with E-state index in [1.165, 1.54) is 16.8 Å². The van der Waals surface area contributed by atoms with Crippen LogP contribution in [0.4, 0.5) is 0 Å². The third kappa shape index (κ3) is 5.02. The first-order valence-corrected chi connectivity index (χ1v) is 13.3. The van der Waals surface area contributed by atoms with Crippen molar-refractivity contribution in [3.8, 4) is 0 Å². The molecule has 0 amide bonds. The van der Waals surface area contributed by atoms with Gasteiger partial charge in [0.05, 0.1) is 19.3 Å². The molecule has 0 aliphatic carbocycles. The van der Waals surface area contributed by atoms with Crippen LogP contribution in [0.25, 0.3) is 0 Å². The summed E-state index contributed by atoms with van der Waals surface area (Å²) in [6.45, 7) is 3.64. The number of hydrogen-bond donors (Lipinski definition) is 1. The molecule has 2 aromatic rings. The second-order valence-corrected chi connectivity index (χ2v) is 10.3. The van der Waals surface area contributed by atoms with Gasteiger partial charge in [0.25, 0.3) is 14.1 Å². The highest BCUT2D eigenvalue weighted by Gasteiger charge is 2.53. The van der Waals surface area contributed by atoms with E-state index in [1.807, 2.05) is 25.1 Å². The van der Waals surface area contributed by atoms with Gasteiger partial charge >= 0.3 is 5.69 Å². The average Bonchev–Trinajstić information content (AvgIpc) is 3.56. The predicted octanol–water partition coefficient (Wildman–Crippen LogP) is 2.72. The average molecular weight is 506 g/mol. The number of H-pyrrole nitrogens is 1. The SMILES string of the molecule is CC[C@H]1O[C@@H](n2ccc(=O)[nH]c2=O)C(OCCOC)[C@H]1OP1O[C@@H](c2ccccc2)[C@H]2CCCN21. The number of benzene rings is 1. The highest BCUT2D eigenvalue weighted by atomic mass is 31.2. The first kappa shape index (κ1) is 24.8. The molecule has 11 heteroatoms. The molecule has 2 unspecified atom stereocenters. The van der Waals surface area contributed by atoms with Gasteiger partial charge in [-0.15, -0.1) is 0 Å². The second kappa shape index (κ2) is 11.0. The van der Waals surface area contributed by atoms with Gasteiger partial charge in [-0.25, -0.2) is 9.46 Å². The van der Waals surface area contributed by atoms with E-state index >= 15 is 0 Å². The first-order valence-electron chi connectivity index (χ1n) is 12.1. The van der Waals surface area contributed by atoms with Crippen LogP contribution in [0.5, 0.6) is 0 Å². The molecule has 0 saturated carbocycles. The molecule has 10 nitrogen and oxygen atoms in total. The molecule has 4 heterocycles. The zero-order valence-corrected chi connectivity index (χ0v) is 20.8. The van der Waals surface area contributed by atoms with Crippen LogP contribution in [0.15, 0.2) is 52.2 Å². The summed E-state index contributed by atoms with van der Waals surface area (Å²) in [4.78, 5) is 26.5. The molecule has 0 bridgehead atoms. The molecule has 7 atom stereocenters. The Morgan fingerprint density at radius 1 is 1.14 bits per heavy atom. The Balaban J connectivity index is 1.41. The molecule has 1 aromatic heterocycles. The number of nitrogens with zero attached hydrogens (tertiary/aromatic N) is 2. The Morgan fingerprint density at radius 3 is 2.71 bits per heavy atom. The van der Waals surface area contributed by atoms with E-state index in [0.29, 0.717) is 19.6 Å². The fourth-order valence-corrected chi connectivity index (χ4v) is 7.09. The highest BCUT2D eigenvalue weighted by Crippen LogP contribution is 2.61. The Morgan fingerprint density at radius 2 is 1.97 bits per heavy atom. The Labute approximate surface area is 205 Å². The van der Waals surface area contributed by atoms with Gasteiger partial charge in [0, 0.05) is 32.0 Å². The maximum absolute atomic E-state index is 12.6. The van der Waals surface area contributed by atoms with Crippen LogP contribution in [0.2, 0.25) is 0 Å². The lowest BCUT2D eigenvalue weighted by Gasteiger charge is -2.29. The number of ether oxygens (including phenoxy) is 3. The molecule has 0 radical (unpaired) electrons. The van der Waals surface area contributed by atoms with Gasteiger partial charge in [0.2, 0.25) is 0 Å². The molecule has 0 spiro atoms. The number of aromatic amines is 1. The van der Waals surface area contributed by atoms with Crippen molar-refractivity contribution in [1.29, 1.82) is 0 Å². The molecule has 35 heavy (non-hydrogen) atoms. The van der Waals surface area contributed by atoms with Crippen molar-refractivity contribution < 1.29 is 23.3 Å². The van der Waals surface area contributed by atoms with Gasteiger partial charge in [-0.05, 0) is 24.8 Å². The van der Waals surface area contributed by atoms with E-state index < -0.39 is 38.2 Å². The van der Waals surface area contributed by atoms with Crippen LogP contribution in [0, 0.1) is 0 Å². The summed E-state index contributed by atoms with van der Waals surface area (Å²) in [6.07, 6.45) is 2.12. The number of methoxy groups -OCH3 is 1. The monoisotopic (exact) mass is 505 g/mol. The van der Waals surface area contributed by atoms with Gasteiger partial charge in [-0.1, -0.05) is 37.3 Å². The molecule has 1 N–H and O–H groups in total. The molecule has 1 aromatic carbocycles. The van der Waals surface area contributed by atoms with E-state index in [1.54, 1.807) is 7.11 Å². The molecule has 5 rings (SSSR count). The van der Waals surface area contributed by atoms with Gasteiger partial charge in [-0.3, -0.25) is 14.3 Å². The van der Waals surface area contributed by atoms with Crippen molar-refractivity contribution >= 4 is 8.53 Å². The minimum absolute atomic E-state index is 0.0438. The lowest BCUT2D eigenvalue weighted by atomic mass is 10.0. The minimum atomic E-state index is -1.34. The smallest absolute Gasteiger partial charge is 0.330 e. The summed E-state index contributed by atoms with van der Waals surface area (Å²) in [5.74, 6) is 0. The Kier molecular flexibility index (Phi) is 7.79. The molecule has 3 saturated heterocycles. The van der Waals surface area contributed by atoms with E-state index in [2.05, 4.69) is 21.8 Å². The largest absolute Gasteiger partial charge is 0.382 e. The normalized spacial score (nSPS) is 32.8. The van der Waals surface area contributed by atoms with Gasteiger partial charge in [0.1, 0.15) is 18.3 Å². The van der Waals surface area contributed by atoms with Crippen molar-refractivity contribution in [3.63, 3.8) is 0 Å². The standard InChI is InChI=1S/C24H32N3O7P/c1-3-18-21(22(31-15-14-30-2)23(32-18)26-13-11-19(28)25-24(26)29)34-35-27-12-7-10-17(27)20(33-35)16-8-5-4-6-9-16/h4-6,8-9,11,13,17-18,20-23H,3,7,10,12,14-15H2,1-2H3,(H,25,28,29)/t17-,18-,20+,21+,22?,23-,35?/m1/s1. The first-order chi connectivity index (χ1) is 17.1. The van der Waals surface area contributed by atoms with E-state index in [0.717, 1.165) is 24.9 Å². The fourth-order valence-electron chi connectivity index (χ4n) is 5.09. The van der Waals surface area contributed by atoms with E-state index in [9.17, 15) is 9.59 Å². The van der Waals surface area contributed by atoms with E-state index in [4.69, 9.17) is 23.3 Å². The summed E-state index contributed by atoms with van der Waals surface area (Å²) in [6, 6.07) is 11.8. The maximum atomic E-state index is 12.6. The van der Waals surface area contributed by atoms with Crippen LogP contribution in [0.3, 0.4) is 0 Å². The quantitative estimate of drug-likeness (QED) is 0.410. The van der Waals surface area contributed by atoms with Crippen LogP contribution >= 0.6 is 8.53 Å². The predicted molar refractivity (Wildman–Crippen MR) is 129 cm³/mol. The van der Waals surface area contributed by atoms with Gasteiger partial charge in [-0.2, -0.15) is 0 Å². The van der Waals surface area contributed by atoms with Crippen LogP contribution in [-0.4, -0.2) is 65.4 Å². The zero-order valence-electron chi connectivity index (χ0n) is 19.9. The number of fused-ring (bicyclic) bond motifs is 1. The van der Waals surface area contributed by atoms with Crippen molar-refractivity contribution in [3.05, 3.63) is 69.0 Å². The summed E-state index contributed by atoms with van der Waals surface area (Å²) in [5.41, 5.74) is 0.138. The molecule has 3 aliphatic rings. The van der Waals surface area contributed by atoms with Gasteiger partial charge < -0.3 is 23.3 Å². The number of rotatable bonds is 9. The van der Waals surface area contributed by atoms with Gasteiger partial charge in [0.15, 0.2) is 6.23 Å². The number of aromatic nitrogens is 2. The third-order valence-electron chi connectivity index (χ3n) is 6.78. The topological polar surface area (TPSA) is 104 Å². The highest BCUT2D eigenvalue weighted by molar-refractivity contribution is 7.45. The maximum Gasteiger partial charge on any atom is 0.330 e. The molecular weight excluding hydrogens is 473 g/mol. The summed E-state index contributed by atoms with van der Waals surface area (Å²) >= 11 is 0. The Bertz CT molecular complexity index is 1100. The van der Waals surface area contributed by atoms with E-state index in [-0.39, 0.29) is 18.2 Å². The summed E-state index contributed by atoms with van der Waals surface area (Å²) < 4.78 is 34.6. The summed E-state index contributed by atoms with van der Waals surface area (Å²) in [7, 11) is 0.264. The molecule has 190 valence electrons. The molecule has 3 aliphatic heterocycles. The van der Waals surface area contributed by atoms with Crippen molar-refractivity contribution in [2.24, 2.45) is 0 Å². The van der Waals surface area contributed by atoms with Crippen molar-refractivity contribution in [1.82, 2.24) is 14.2 Å². The van der Waals surface area contributed by atoms with Crippen LogP contribution in [-0.2, 0) is 23.3 Å². The lowest BCUT2D eigenvalue weighted by molar-refractivity contribution is -0.0782. The fraction of sp³-hybridized carbons (Fsp3) is 0.583. The van der Waals surface area contributed by atoms with Crippen LogP contribution < -0.4 is 11.2 Å². The second-order valence-electron chi connectivity index (χ2n) is 8.94. The zero-order chi connectivity index (χ0) is 24.4. The summed E-state index contributed by atoms with van der Waals surface area (Å²) in [5, 5.41) is 0. The lowest BCUT2D eigenvalue weighted by Crippen LogP contribution is -2.40. The van der Waals surface area contributed by atoms with Crippen LogP contribution in [0.1, 0.15) is 44.1 Å². The number of hydrogen-bond acceptors (Lipinski definition) is 8. The molecule has 3 fully saturated rings. The Hall–Kier alpha value is -1.91. The third-order valence-corrected chi connectivity index (χ3v) is 8.53. The minimum Gasteiger partial charge on any atom is -0.382 e.